The predicted molar refractivity (Wildman–Crippen MR) is 114 cm³/mol. The molecule has 6 heteroatoms. The fraction of sp³-hybridized carbons (Fsp3) is 0.714. The molecule has 27 heavy (non-hydrogen) atoms. The topological polar surface area (TPSA) is 54.5 Å². The summed E-state index contributed by atoms with van der Waals surface area (Å²) in [4.78, 5) is 19.8. The van der Waals surface area contributed by atoms with E-state index in [1.165, 1.54) is 0 Å². The summed E-state index contributed by atoms with van der Waals surface area (Å²) in [5, 5.41) is 3.91. The SMILES string of the molecule is CCSc1nc(N(C)C2CCOC2)cc(C)c1C(=O)NCCCC(C)(C)C. The minimum Gasteiger partial charge on any atom is -0.379 e. The molecule has 0 radical (unpaired) electrons. The Bertz CT molecular complexity index is 637. The van der Waals surface area contributed by atoms with Gasteiger partial charge in [0, 0.05) is 20.2 Å². The molecular weight excluding hydrogens is 358 g/mol. The molecule has 0 bridgehead atoms. The number of hydrogen-bond donors (Lipinski definition) is 1. The number of ether oxygens (including phenoxy) is 1. The molecule has 5 nitrogen and oxygen atoms in total. The summed E-state index contributed by atoms with van der Waals surface area (Å²) in [7, 11) is 2.06. The average molecular weight is 394 g/mol. The van der Waals surface area contributed by atoms with Gasteiger partial charge >= 0.3 is 0 Å². The lowest BCUT2D eigenvalue weighted by molar-refractivity contribution is 0.0947. The number of hydrogen-bond acceptors (Lipinski definition) is 5. The predicted octanol–water partition coefficient (Wildman–Crippen LogP) is 4.28. The van der Waals surface area contributed by atoms with Crippen LogP contribution >= 0.6 is 11.8 Å². The third-order valence-corrected chi connectivity index (χ3v) is 5.74. The van der Waals surface area contributed by atoms with Crippen LogP contribution in [0.25, 0.3) is 0 Å². The minimum atomic E-state index is -0.0109. The first-order valence-electron chi connectivity index (χ1n) is 9.96. The molecule has 1 unspecified atom stereocenters. The third kappa shape index (κ3) is 6.39. The molecular formula is C21H35N3O2S. The van der Waals surface area contributed by atoms with Crippen LogP contribution in [0.5, 0.6) is 0 Å². The van der Waals surface area contributed by atoms with E-state index in [0.717, 1.165) is 60.2 Å². The highest BCUT2D eigenvalue weighted by molar-refractivity contribution is 7.99. The molecule has 1 N–H and O–H groups in total. The fourth-order valence-corrected chi connectivity index (χ4v) is 4.08. The van der Waals surface area contributed by atoms with Gasteiger partial charge in [0.05, 0.1) is 18.2 Å². The van der Waals surface area contributed by atoms with Crippen LogP contribution in [0.3, 0.4) is 0 Å². The number of nitrogens with one attached hydrogen (secondary N) is 1. The van der Waals surface area contributed by atoms with Crippen LogP contribution in [0.15, 0.2) is 11.1 Å². The Balaban J connectivity index is 2.13. The van der Waals surface area contributed by atoms with Crippen LogP contribution < -0.4 is 10.2 Å². The maximum absolute atomic E-state index is 12.8. The van der Waals surface area contributed by atoms with E-state index in [1.807, 2.05) is 13.0 Å². The number of carbonyl (C=O) groups is 1. The van der Waals surface area contributed by atoms with Crippen LogP contribution in [0.4, 0.5) is 5.82 Å². The lowest BCUT2D eigenvalue weighted by Crippen LogP contribution is -2.33. The number of nitrogens with zero attached hydrogens (tertiary/aromatic N) is 2. The maximum Gasteiger partial charge on any atom is 0.254 e. The largest absolute Gasteiger partial charge is 0.379 e. The molecule has 1 aromatic heterocycles. The lowest BCUT2D eigenvalue weighted by Gasteiger charge is -2.26. The second kappa shape index (κ2) is 9.78. The van der Waals surface area contributed by atoms with E-state index in [1.54, 1.807) is 11.8 Å². The number of rotatable bonds is 8. The number of carbonyl (C=O) groups excluding carboxylic acids is 1. The first-order chi connectivity index (χ1) is 12.7. The van der Waals surface area contributed by atoms with Crippen LogP contribution in [0.1, 0.15) is 62.9 Å². The number of likely N-dealkylation sites (N-methyl/N-ethyl adjacent to an activating group) is 1. The second-order valence-electron chi connectivity index (χ2n) is 8.46. The molecule has 1 atom stereocenters. The van der Waals surface area contributed by atoms with E-state index in [0.29, 0.717) is 18.0 Å². The third-order valence-electron chi connectivity index (χ3n) is 4.88. The van der Waals surface area contributed by atoms with Gasteiger partial charge in [-0.25, -0.2) is 4.98 Å². The first kappa shape index (κ1) is 22.0. The van der Waals surface area contributed by atoms with Crippen LogP contribution in [0, 0.1) is 12.3 Å². The maximum atomic E-state index is 12.8. The normalized spacial score (nSPS) is 17.2. The lowest BCUT2D eigenvalue weighted by atomic mass is 9.91. The quantitative estimate of drug-likeness (QED) is 0.528. The van der Waals surface area contributed by atoms with Crippen molar-refractivity contribution in [2.75, 3.05) is 37.5 Å². The Morgan fingerprint density at radius 2 is 2.19 bits per heavy atom. The van der Waals surface area contributed by atoms with E-state index >= 15 is 0 Å². The van der Waals surface area contributed by atoms with Gasteiger partial charge in [-0.05, 0) is 49.0 Å². The number of amides is 1. The van der Waals surface area contributed by atoms with Gasteiger partial charge in [-0.3, -0.25) is 4.79 Å². The molecule has 1 aromatic rings. The van der Waals surface area contributed by atoms with Gasteiger partial charge in [-0.15, -0.1) is 11.8 Å². The van der Waals surface area contributed by atoms with Crippen LogP contribution in [-0.2, 0) is 4.74 Å². The van der Waals surface area contributed by atoms with Crippen molar-refractivity contribution in [3.8, 4) is 0 Å². The summed E-state index contributed by atoms with van der Waals surface area (Å²) in [5.74, 6) is 1.79. The van der Waals surface area contributed by atoms with Crippen LogP contribution in [-0.4, -0.2) is 49.5 Å². The summed E-state index contributed by atoms with van der Waals surface area (Å²) in [6.45, 7) is 13.0. The Hall–Kier alpha value is -1.27. The molecule has 0 saturated carbocycles. The Labute approximate surface area is 168 Å². The van der Waals surface area contributed by atoms with E-state index in [4.69, 9.17) is 9.72 Å². The highest BCUT2D eigenvalue weighted by Gasteiger charge is 2.24. The minimum absolute atomic E-state index is 0.0109. The summed E-state index contributed by atoms with van der Waals surface area (Å²) in [6, 6.07) is 2.38. The Kier molecular flexibility index (Phi) is 7.98. The van der Waals surface area contributed by atoms with Crippen molar-refractivity contribution in [3.05, 3.63) is 17.2 Å². The molecule has 152 valence electrons. The van der Waals surface area contributed by atoms with Gasteiger partial charge in [0.1, 0.15) is 10.8 Å². The Morgan fingerprint density at radius 3 is 2.78 bits per heavy atom. The molecule has 0 aliphatic carbocycles. The summed E-state index contributed by atoms with van der Waals surface area (Å²) in [6.07, 6.45) is 3.10. The molecule has 1 fully saturated rings. The molecule has 1 amide bonds. The standard InChI is InChI=1S/C21H35N3O2S/c1-7-27-20-18(19(25)22-11-8-10-21(3,4)5)15(2)13-17(23-20)24(6)16-9-12-26-14-16/h13,16H,7-12,14H2,1-6H3,(H,22,25). The van der Waals surface area contributed by atoms with Crippen molar-refractivity contribution >= 4 is 23.5 Å². The van der Waals surface area contributed by atoms with E-state index in [2.05, 4.69) is 45.0 Å². The zero-order valence-corrected chi connectivity index (χ0v) is 18.5. The first-order valence-corrected chi connectivity index (χ1v) is 10.9. The monoisotopic (exact) mass is 393 g/mol. The highest BCUT2D eigenvalue weighted by Crippen LogP contribution is 2.29. The molecule has 2 rings (SSSR count). The molecule has 2 heterocycles. The fourth-order valence-electron chi connectivity index (χ4n) is 3.25. The zero-order valence-electron chi connectivity index (χ0n) is 17.7. The van der Waals surface area contributed by atoms with Gasteiger partial charge in [0.25, 0.3) is 5.91 Å². The van der Waals surface area contributed by atoms with E-state index in [-0.39, 0.29) is 5.91 Å². The van der Waals surface area contributed by atoms with Gasteiger partial charge < -0.3 is 15.0 Å². The highest BCUT2D eigenvalue weighted by atomic mass is 32.2. The summed E-state index contributed by atoms with van der Waals surface area (Å²) in [5.41, 5.74) is 1.99. The second-order valence-corrected chi connectivity index (χ2v) is 9.71. The van der Waals surface area contributed by atoms with Crippen molar-refractivity contribution in [2.24, 2.45) is 5.41 Å². The molecule has 0 aromatic carbocycles. The average Bonchev–Trinajstić information content (AvgIpc) is 3.11. The smallest absolute Gasteiger partial charge is 0.254 e. The van der Waals surface area contributed by atoms with Crippen molar-refractivity contribution in [3.63, 3.8) is 0 Å². The van der Waals surface area contributed by atoms with Crippen molar-refractivity contribution < 1.29 is 9.53 Å². The van der Waals surface area contributed by atoms with Crippen LogP contribution in [0.2, 0.25) is 0 Å². The molecule has 1 saturated heterocycles. The molecule has 0 spiro atoms. The number of pyridine rings is 1. The van der Waals surface area contributed by atoms with Crippen molar-refractivity contribution in [2.45, 2.75) is 64.9 Å². The van der Waals surface area contributed by atoms with Gasteiger partial charge in [0.2, 0.25) is 0 Å². The van der Waals surface area contributed by atoms with Crippen molar-refractivity contribution in [1.82, 2.24) is 10.3 Å². The number of anilines is 1. The molecule has 1 aliphatic rings. The number of aryl methyl sites for hydroxylation is 1. The van der Waals surface area contributed by atoms with Gasteiger partial charge in [0.15, 0.2) is 0 Å². The Morgan fingerprint density at radius 1 is 1.44 bits per heavy atom. The van der Waals surface area contributed by atoms with Gasteiger partial charge in [-0.1, -0.05) is 27.7 Å². The van der Waals surface area contributed by atoms with Crippen molar-refractivity contribution in [1.29, 1.82) is 0 Å². The summed E-state index contributed by atoms with van der Waals surface area (Å²) >= 11 is 1.63. The number of aromatic nitrogens is 1. The number of thioether (sulfide) groups is 1. The zero-order chi connectivity index (χ0) is 20.0. The summed E-state index contributed by atoms with van der Waals surface area (Å²) < 4.78 is 5.51. The van der Waals surface area contributed by atoms with E-state index in [9.17, 15) is 4.79 Å². The van der Waals surface area contributed by atoms with E-state index < -0.39 is 0 Å². The van der Waals surface area contributed by atoms with Gasteiger partial charge in [-0.2, -0.15) is 0 Å². The molecule has 1 aliphatic heterocycles.